The van der Waals surface area contributed by atoms with Gasteiger partial charge in [0.2, 0.25) is 0 Å². The molecule has 0 amide bonds. The van der Waals surface area contributed by atoms with Crippen LogP contribution in [-0.2, 0) is 0 Å². The second-order valence-corrected chi connectivity index (χ2v) is 8.74. The first-order valence-electron chi connectivity index (χ1n) is 5.61. The van der Waals surface area contributed by atoms with Gasteiger partial charge in [-0.1, -0.05) is 0 Å². The average Bonchev–Trinajstić information content (AvgIpc) is 2.43. The first-order valence-corrected chi connectivity index (χ1v) is 9.92. The van der Waals surface area contributed by atoms with E-state index in [9.17, 15) is 9.90 Å². The predicted molar refractivity (Wildman–Crippen MR) is 115 cm³/mol. The number of methoxy groups -OCH3 is 1. The van der Waals surface area contributed by atoms with Gasteiger partial charge in [-0.25, -0.2) is 0 Å². The third-order valence-corrected chi connectivity index (χ3v) is 5.99. The SMILES string of the molecule is COc1c(I)cc(C(=O)c2cc(I)c(O)c(I)c2)cc1I. The van der Waals surface area contributed by atoms with Gasteiger partial charge in [0.05, 0.1) is 21.4 Å². The Morgan fingerprint density at radius 3 is 1.67 bits per heavy atom. The summed E-state index contributed by atoms with van der Waals surface area (Å²) in [6.07, 6.45) is 0. The van der Waals surface area contributed by atoms with Crippen molar-refractivity contribution in [1.29, 1.82) is 0 Å². The zero-order valence-corrected chi connectivity index (χ0v) is 19.2. The Balaban J connectivity index is 2.50. The number of phenols is 1. The molecule has 0 aromatic heterocycles. The molecule has 2 aromatic carbocycles. The largest absolute Gasteiger partial charge is 0.506 e. The van der Waals surface area contributed by atoms with E-state index in [0.29, 0.717) is 18.3 Å². The lowest BCUT2D eigenvalue weighted by Gasteiger charge is -2.10. The first kappa shape index (κ1) is 18.0. The summed E-state index contributed by atoms with van der Waals surface area (Å²) in [5, 5.41) is 9.79. The number of carbonyl (C=O) groups excluding carboxylic acids is 1. The molecule has 2 aromatic rings. The van der Waals surface area contributed by atoms with Gasteiger partial charge in [0.1, 0.15) is 11.5 Å². The van der Waals surface area contributed by atoms with E-state index < -0.39 is 0 Å². The minimum Gasteiger partial charge on any atom is -0.506 e. The number of benzene rings is 2. The molecule has 3 nitrogen and oxygen atoms in total. The zero-order chi connectivity index (χ0) is 15.7. The minimum atomic E-state index is -0.0654. The highest BCUT2D eigenvalue weighted by atomic mass is 127. The summed E-state index contributed by atoms with van der Waals surface area (Å²) in [5.41, 5.74) is 1.18. The van der Waals surface area contributed by atoms with Gasteiger partial charge in [-0.3, -0.25) is 4.79 Å². The first-order chi connectivity index (χ1) is 9.85. The Bertz CT molecular complexity index is 682. The zero-order valence-electron chi connectivity index (χ0n) is 10.6. The van der Waals surface area contributed by atoms with Crippen molar-refractivity contribution in [3.8, 4) is 11.5 Å². The Morgan fingerprint density at radius 2 is 1.29 bits per heavy atom. The molecule has 0 unspecified atom stereocenters. The monoisotopic (exact) mass is 732 g/mol. The maximum Gasteiger partial charge on any atom is 0.193 e. The topological polar surface area (TPSA) is 46.5 Å². The highest BCUT2D eigenvalue weighted by molar-refractivity contribution is 14.1. The van der Waals surface area contributed by atoms with Crippen LogP contribution in [0.15, 0.2) is 24.3 Å². The van der Waals surface area contributed by atoms with E-state index in [0.717, 1.165) is 12.9 Å². The molecule has 0 saturated heterocycles. The van der Waals surface area contributed by atoms with Gasteiger partial charge in [-0.05, 0) is 115 Å². The van der Waals surface area contributed by atoms with Crippen LogP contribution in [0.2, 0.25) is 0 Å². The molecule has 0 atom stereocenters. The van der Waals surface area contributed by atoms with Crippen molar-refractivity contribution in [2.24, 2.45) is 0 Å². The van der Waals surface area contributed by atoms with Gasteiger partial charge in [-0.15, -0.1) is 0 Å². The van der Waals surface area contributed by atoms with E-state index in [1.165, 1.54) is 0 Å². The Kier molecular flexibility index (Phi) is 6.39. The van der Waals surface area contributed by atoms with Crippen LogP contribution in [0.3, 0.4) is 0 Å². The number of carbonyl (C=O) groups is 1. The molecular formula is C14H8I4O3. The molecule has 0 fully saturated rings. The summed E-state index contributed by atoms with van der Waals surface area (Å²) in [5.74, 6) is 0.929. The quantitative estimate of drug-likeness (QED) is 0.356. The molecule has 2 rings (SSSR count). The Labute approximate surface area is 176 Å². The molecule has 0 spiro atoms. The highest BCUT2D eigenvalue weighted by Crippen LogP contribution is 2.31. The van der Waals surface area contributed by atoms with Gasteiger partial charge in [-0.2, -0.15) is 0 Å². The number of hydrogen-bond donors (Lipinski definition) is 1. The lowest BCUT2D eigenvalue weighted by molar-refractivity contribution is 0.103. The van der Waals surface area contributed by atoms with Crippen LogP contribution >= 0.6 is 90.4 Å². The van der Waals surface area contributed by atoms with E-state index in [-0.39, 0.29) is 11.5 Å². The lowest BCUT2D eigenvalue weighted by atomic mass is 10.0. The molecule has 0 heterocycles. The molecule has 0 aliphatic rings. The fraction of sp³-hybridized carbons (Fsp3) is 0.0714. The van der Waals surface area contributed by atoms with Crippen LogP contribution in [0.4, 0.5) is 0 Å². The number of aromatic hydroxyl groups is 1. The minimum absolute atomic E-state index is 0.0654. The van der Waals surface area contributed by atoms with E-state index in [1.54, 1.807) is 19.2 Å². The fourth-order valence-corrected chi connectivity index (χ4v) is 5.73. The van der Waals surface area contributed by atoms with Crippen molar-refractivity contribution in [2.75, 3.05) is 7.11 Å². The average molecular weight is 732 g/mol. The molecular weight excluding hydrogens is 724 g/mol. The summed E-state index contributed by atoms with van der Waals surface area (Å²) in [6.45, 7) is 0. The van der Waals surface area contributed by atoms with Crippen molar-refractivity contribution in [3.63, 3.8) is 0 Å². The number of hydrogen-bond acceptors (Lipinski definition) is 3. The van der Waals surface area contributed by atoms with Crippen molar-refractivity contribution in [1.82, 2.24) is 0 Å². The van der Waals surface area contributed by atoms with Crippen molar-refractivity contribution in [3.05, 3.63) is 49.7 Å². The fourth-order valence-electron chi connectivity index (χ4n) is 1.75. The summed E-state index contributed by atoms with van der Waals surface area (Å²) >= 11 is 8.36. The van der Waals surface area contributed by atoms with Crippen molar-refractivity contribution < 1.29 is 14.6 Å². The summed E-state index contributed by atoms with van der Waals surface area (Å²) in [6, 6.07) is 7.03. The maximum atomic E-state index is 12.6. The molecule has 1 N–H and O–H groups in total. The van der Waals surface area contributed by atoms with E-state index in [4.69, 9.17) is 4.74 Å². The van der Waals surface area contributed by atoms with Crippen molar-refractivity contribution in [2.45, 2.75) is 0 Å². The molecule has 0 radical (unpaired) electrons. The van der Waals surface area contributed by atoms with Crippen LogP contribution in [0.1, 0.15) is 15.9 Å². The third kappa shape index (κ3) is 3.94. The number of rotatable bonds is 3. The summed E-state index contributed by atoms with van der Waals surface area (Å²) in [7, 11) is 1.62. The Morgan fingerprint density at radius 1 is 0.905 bits per heavy atom. The normalized spacial score (nSPS) is 10.5. The van der Waals surface area contributed by atoms with E-state index in [2.05, 4.69) is 45.2 Å². The predicted octanol–water partition coefficient (Wildman–Crippen LogP) is 5.05. The highest BCUT2D eigenvalue weighted by Gasteiger charge is 2.17. The van der Waals surface area contributed by atoms with Crippen LogP contribution in [-0.4, -0.2) is 18.0 Å². The molecule has 7 heteroatoms. The molecule has 0 bridgehead atoms. The molecule has 0 aliphatic heterocycles. The van der Waals surface area contributed by atoms with Crippen LogP contribution in [0.5, 0.6) is 11.5 Å². The smallest absolute Gasteiger partial charge is 0.193 e. The summed E-state index contributed by atoms with van der Waals surface area (Å²) in [4.78, 5) is 12.6. The second-order valence-electron chi connectivity index (χ2n) is 4.09. The van der Waals surface area contributed by atoms with Gasteiger partial charge in [0, 0.05) is 11.1 Å². The number of phenolic OH excluding ortho intramolecular Hbond substituents is 1. The molecule has 110 valence electrons. The van der Waals surface area contributed by atoms with Gasteiger partial charge >= 0.3 is 0 Å². The van der Waals surface area contributed by atoms with E-state index >= 15 is 0 Å². The maximum absolute atomic E-state index is 12.6. The number of halogens is 4. The third-order valence-electron chi connectivity index (χ3n) is 2.74. The van der Waals surface area contributed by atoms with Crippen LogP contribution in [0, 0.1) is 14.3 Å². The van der Waals surface area contributed by atoms with Crippen molar-refractivity contribution >= 4 is 96.1 Å². The molecule has 0 saturated carbocycles. The molecule has 0 aliphatic carbocycles. The standard InChI is InChI=1S/C14H8I4O3/c1-21-14-10(17)4-7(5-11(14)18)12(19)6-2-8(15)13(20)9(16)3-6/h2-5,20H,1H3. The second kappa shape index (κ2) is 7.47. The van der Waals surface area contributed by atoms with Gasteiger partial charge in [0.15, 0.2) is 5.78 Å². The lowest BCUT2D eigenvalue weighted by Crippen LogP contribution is -2.04. The Hall–Kier alpha value is 0.630. The van der Waals surface area contributed by atoms with E-state index in [1.807, 2.05) is 57.3 Å². The van der Waals surface area contributed by atoms with Crippen LogP contribution in [0.25, 0.3) is 0 Å². The summed E-state index contributed by atoms with van der Waals surface area (Å²) < 4.78 is 8.44. The van der Waals surface area contributed by atoms with Crippen LogP contribution < -0.4 is 4.74 Å². The number of ether oxygens (including phenoxy) is 1. The van der Waals surface area contributed by atoms with Gasteiger partial charge in [0.25, 0.3) is 0 Å². The molecule has 21 heavy (non-hydrogen) atoms. The number of ketones is 1. The van der Waals surface area contributed by atoms with Gasteiger partial charge < -0.3 is 9.84 Å².